The zero-order valence-corrected chi connectivity index (χ0v) is 9.08. The average Bonchev–Trinajstić information content (AvgIpc) is 2.08. The van der Waals surface area contributed by atoms with Crippen LogP contribution in [0.25, 0.3) is 0 Å². The molecule has 0 aliphatic rings. The van der Waals surface area contributed by atoms with Gasteiger partial charge in [0.2, 0.25) is 0 Å². The maximum Gasteiger partial charge on any atom is 0.122 e. The number of aryl methyl sites for hydroxylation is 2. The highest BCUT2D eigenvalue weighted by atomic mass is 16.5. The maximum absolute atomic E-state index is 5.58. The summed E-state index contributed by atoms with van der Waals surface area (Å²) in [7, 11) is 1.82. The van der Waals surface area contributed by atoms with Gasteiger partial charge in [0.25, 0.3) is 0 Å². The van der Waals surface area contributed by atoms with Crippen molar-refractivity contribution >= 4 is 0 Å². The summed E-state index contributed by atoms with van der Waals surface area (Å²) in [6.45, 7) is 5.48. The Balaban J connectivity index is 2.51. The zero-order chi connectivity index (χ0) is 10.6. The smallest absolute Gasteiger partial charge is 0.122 e. The molecule has 0 aromatic heterocycles. The zero-order valence-electron chi connectivity index (χ0n) is 9.08. The molecule has 0 saturated heterocycles. The summed E-state index contributed by atoms with van der Waals surface area (Å²) in [6.07, 6.45) is 0. The predicted octanol–water partition coefficient (Wildman–Crippen LogP) is 1.49. The van der Waals surface area contributed by atoms with Crippen LogP contribution in [-0.4, -0.2) is 25.2 Å². The second-order valence-electron chi connectivity index (χ2n) is 3.60. The minimum Gasteiger partial charge on any atom is -0.492 e. The molecule has 0 spiro atoms. The molecule has 1 aromatic carbocycles. The number of nitrogens with zero attached hydrogens (tertiary/aromatic N) is 1. The van der Waals surface area contributed by atoms with E-state index in [1.807, 2.05) is 13.1 Å². The summed E-state index contributed by atoms with van der Waals surface area (Å²) in [4.78, 5) is 0. The lowest BCUT2D eigenvalue weighted by molar-refractivity contribution is 0.240. The fraction of sp³-hybridized carbons (Fsp3) is 0.455. The molecule has 0 heterocycles. The quantitative estimate of drug-likeness (QED) is 0.583. The van der Waals surface area contributed by atoms with Crippen LogP contribution < -0.4 is 10.6 Å². The van der Waals surface area contributed by atoms with Gasteiger partial charge in [-0.05, 0) is 25.5 Å². The Morgan fingerprint density at radius 3 is 2.64 bits per heavy atom. The fourth-order valence-electron chi connectivity index (χ4n) is 1.26. The first-order valence-electron chi connectivity index (χ1n) is 4.75. The fourth-order valence-corrected chi connectivity index (χ4v) is 1.26. The van der Waals surface area contributed by atoms with Crippen molar-refractivity contribution in [1.82, 2.24) is 5.01 Å². The van der Waals surface area contributed by atoms with E-state index in [0.717, 1.165) is 12.3 Å². The van der Waals surface area contributed by atoms with Crippen LogP contribution in [0.15, 0.2) is 18.2 Å². The van der Waals surface area contributed by atoms with Crippen LogP contribution in [0.2, 0.25) is 0 Å². The number of benzene rings is 1. The third kappa shape index (κ3) is 3.36. The van der Waals surface area contributed by atoms with E-state index in [1.165, 1.54) is 11.1 Å². The van der Waals surface area contributed by atoms with Crippen LogP contribution in [0.3, 0.4) is 0 Å². The van der Waals surface area contributed by atoms with Crippen LogP contribution in [0, 0.1) is 13.8 Å². The Morgan fingerprint density at radius 1 is 1.36 bits per heavy atom. The highest BCUT2D eigenvalue weighted by Crippen LogP contribution is 2.18. The van der Waals surface area contributed by atoms with Gasteiger partial charge in [-0.15, -0.1) is 0 Å². The van der Waals surface area contributed by atoms with Gasteiger partial charge in [0.05, 0.1) is 0 Å². The van der Waals surface area contributed by atoms with E-state index < -0.39 is 0 Å². The van der Waals surface area contributed by atoms with Crippen LogP contribution >= 0.6 is 0 Å². The number of ether oxygens (including phenoxy) is 1. The van der Waals surface area contributed by atoms with Crippen molar-refractivity contribution in [2.45, 2.75) is 13.8 Å². The second kappa shape index (κ2) is 4.98. The molecule has 0 atom stereocenters. The molecular weight excluding hydrogens is 176 g/mol. The summed E-state index contributed by atoms with van der Waals surface area (Å²) in [5.41, 5.74) is 2.43. The van der Waals surface area contributed by atoms with Gasteiger partial charge in [-0.2, -0.15) is 0 Å². The van der Waals surface area contributed by atoms with Crippen LogP contribution in [-0.2, 0) is 0 Å². The number of rotatable bonds is 4. The third-order valence-electron chi connectivity index (χ3n) is 2.03. The Kier molecular flexibility index (Phi) is 3.92. The van der Waals surface area contributed by atoms with Gasteiger partial charge in [0.15, 0.2) is 0 Å². The number of nitrogens with two attached hydrogens (primary N) is 1. The lowest BCUT2D eigenvalue weighted by Gasteiger charge is -2.12. The van der Waals surface area contributed by atoms with E-state index >= 15 is 0 Å². The molecule has 0 unspecified atom stereocenters. The molecule has 0 saturated carbocycles. The molecule has 2 N–H and O–H groups in total. The first kappa shape index (κ1) is 11.0. The molecule has 3 heteroatoms. The monoisotopic (exact) mass is 194 g/mol. The SMILES string of the molecule is Cc1ccc(OCCN(C)N)c(C)c1. The first-order chi connectivity index (χ1) is 6.59. The van der Waals surface area contributed by atoms with Crippen molar-refractivity contribution in [3.63, 3.8) is 0 Å². The molecule has 1 aromatic rings. The number of likely N-dealkylation sites (N-methyl/N-ethyl adjacent to an activating group) is 1. The van der Waals surface area contributed by atoms with E-state index in [0.29, 0.717) is 6.61 Å². The molecule has 14 heavy (non-hydrogen) atoms. The van der Waals surface area contributed by atoms with Gasteiger partial charge in [0, 0.05) is 13.6 Å². The lowest BCUT2D eigenvalue weighted by atomic mass is 10.1. The highest BCUT2D eigenvalue weighted by molar-refractivity contribution is 5.35. The van der Waals surface area contributed by atoms with E-state index in [2.05, 4.69) is 26.0 Å². The normalized spacial score (nSPS) is 10.6. The van der Waals surface area contributed by atoms with Crippen molar-refractivity contribution < 1.29 is 4.74 Å². The van der Waals surface area contributed by atoms with Crippen LogP contribution in [0.1, 0.15) is 11.1 Å². The predicted molar refractivity (Wildman–Crippen MR) is 58.2 cm³/mol. The van der Waals surface area contributed by atoms with Crippen molar-refractivity contribution in [3.05, 3.63) is 29.3 Å². The summed E-state index contributed by atoms with van der Waals surface area (Å²) >= 11 is 0. The topological polar surface area (TPSA) is 38.5 Å². The summed E-state index contributed by atoms with van der Waals surface area (Å²) in [5.74, 6) is 6.41. The molecule has 0 amide bonds. The van der Waals surface area contributed by atoms with Crippen molar-refractivity contribution in [2.75, 3.05) is 20.2 Å². The van der Waals surface area contributed by atoms with E-state index in [4.69, 9.17) is 10.6 Å². The van der Waals surface area contributed by atoms with Crippen molar-refractivity contribution in [3.8, 4) is 5.75 Å². The first-order valence-corrected chi connectivity index (χ1v) is 4.75. The van der Waals surface area contributed by atoms with Gasteiger partial charge < -0.3 is 4.74 Å². The molecule has 0 radical (unpaired) electrons. The van der Waals surface area contributed by atoms with Gasteiger partial charge in [-0.25, -0.2) is 5.01 Å². The summed E-state index contributed by atoms with van der Waals surface area (Å²) in [6, 6.07) is 6.16. The second-order valence-corrected chi connectivity index (χ2v) is 3.60. The maximum atomic E-state index is 5.58. The molecule has 0 bridgehead atoms. The molecule has 78 valence electrons. The van der Waals surface area contributed by atoms with Crippen LogP contribution in [0.5, 0.6) is 5.75 Å². The van der Waals surface area contributed by atoms with Gasteiger partial charge in [0.1, 0.15) is 12.4 Å². The molecule has 3 nitrogen and oxygen atoms in total. The van der Waals surface area contributed by atoms with Gasteiger partial charge >= 0.3 is 0 Å². The highest BCUT2D eigenvalue weighted by Gasteiger charge is 1.99. The number of hydrazine groups is 1. The average molecular weight is 194 g/mol. The van der Waals surface area contributed by atoms with E-state index in [-0.39, 0.29) is 0 Å². The largest absolute Gasteiger partial charge is 0.492 e. The number of hydrogen-bond donors (Lipinski definition) is 1. The standard InChI is InChI=1S/C11H18N2O/c1-9-4-5-11(10(2)8-9)14-7-6-13(3)12/h4-5,8H,6-7,12H2,1-3H3. The van der Waals surface area contributed by atoms with E-state index in [1.54, 1.807) is 5.01 Å². The third-order valence-corrected chi connectivity index (χ3v) is 2.03. The van der Waals surface area contributed by atoms with Gasteiger partial charge in [-0.1, -0.05) is 17.7 Å². The van der Waals surface area contributed by atoms with Crippen molar-refractivity contribution in [1.29, 1.82) is 0 Å². The molecule has 0 aliphatic carbocycles. The van der Waals surface area contributed by atoms with Crippen molar-refractivity contribution in [2.24, 2.45) is 5.84 Å². The Hall–Kier alpha value is -1.06. The minimum absolute atomic E-state index is 0.622. The lowest BCUT2D eigenvalue weighted by Crippen LogP contribution is -2.30. The summed E-state index contributed by atoms with van der Waals surface area (Å²) < 4.78 is 5.58. The number of hydrogen-bond acceptors (Lipinski definition) is 3. The minimum atomic E-state index is 0.622. The summed E-state index contributed by atoms with van der Waals surface area (Å²) in [5, 5.41) is 1.61. The Labute approximate surface area is 85.4 Å². The molecule has 0 aliphatic heterocycles. The Morgan fingerprint density at radius 2 is 2.07 bits per heavy atom. The Bertz CT molecular complexity index is 297. The molecule has 0 fully saturated rings. The van der Waals surface area contributed by atoms with Gasteiger partial charge in [-0.3, -0.25) is 5.84 Å². The van der Waals surface area contributed by atoms with Crippen LogP contribution in [0.4, 0.5) is 0 Å². The van der Waals surface area contributed by atoms with E-state index in [9.17, 15) is 0 Å². The molecule has 1 rings (SSSR count). The molecular formula is C11H18N2O.